The zero-order chi connectivity index (χ0) is 21.0. The van der Waals surface area contributed by atoms with E-state index in [1.165, 1.54) is 22.6 Å². The van der Waals surface area contributed by atoms with Crippen molar-refractivity contribution < 1.29 is 27.5 Å². The Morgan fingerprint density at radius 1 is 1.10 bits per heavy atom. The number of sulfonamides is 1. The Morgan fingerprint density at radius 2 is 1.76 bits per heavy atom. The number of carbonyl (C=O) groups excluding carboxylic acids is 2. The summed E-state index contributed by atoms with van der Waals surface area (Å²) < 4.78 is 35.1. The predicted octanol–water partition coefficient (Wildman–Crippen LogP) is 0.516. The van der Waals surface area contributed by atoms with E-state index in [0.717, 1.165) is 5.56 Å². The third-order valence-electron chi connectivity index (χ3n) is 5.45. The summed E-state index contributed by atoms with van der Waals surface area (Å²) >= 11 is 0. The predicted molar refractivity (Wildman–Crippen MR) is 106 cm³/mol. The number of benzene rings is 1. The molecule has 3 rings (SSSR count). The smallest absolute Gasteiger partial charge is 0.410 e. The van der Waals surface area contributed by atoms with Crippen molar-refractivity contribution in [2.45, 2.75) is 25.1 Å². The minimum atomic E-state index is -3.21. The van der Waals surface area contributed by atoms with E-state index in [4.69, 9.17) is 9.47 Å². The lowest BCUT2D eigenvalue weighted by molar-refractivity contribution is -0.145. The Bertz CT molecular complexity index is 824. The first-order valence-corrected chi connectivity index (χ1v) is 11.4. The lowest BCUT2D eigenvalue weighted by atomic mass is 10.1. The zero-order valence-electron chi connectivity index (χ0n) is 16.7. The van der Waals surface area contributed by atoms with E-state index >= 15 is 0 Å². The molecule has 2 aliphatic rings. The number of esters is 1. The maximum atomic E-state index is 12.7. The van der Waals surface area contributed by atoms with Gasteiger partial charge in [0, 0.05) is 38.8 Å². The highest BCUT2D eigenvalue weighted by Gasteiger charge is 2.44. The van der Waals surface area contributed by atoms with Crippen LogP contribution in [0.5, 0.6) is 0 Å². The highest BCUT2D eigenvalue weighted by molar-refractivity contribution is 7.88. The van der Waals surface area contributed by atoms with Gasteiger partial charge in [0.15, 0.2) is 0 Å². The quantitative estimate of drug-likeness (QED) is 0.635. The molecule has 0 radical (unpaired) electrons. The van der Waals surface area contributed by atoms with Crippen molar-refractivity contribution in [2.75, 3.05) is 46.1 Å². The minimum Gasteiger partial charge on any atom is -0.467 e. The first kappa shape index (κ1) is 21.5. The van der Waals surface area contributed by atoms with Crippen LogP contribution in [0.25, 0.3) is 0 Å². The van der Waals surface area contributed by atoms with Crippen LogP contribution in [0.3, 0.4) is 0 Å². The van der Waals surface area contributed by atoms with Crippen LogP contribution in [0, 0.1) is 0 Å². The highest BCUT2D eigenvalue weighted by Crippen LogP contribution is 2.25. The molecule has 29 heavy (non-hydrogen) atoms. The van der Waals surface area contributed by atoms with E-state index in [9.17, 15) is 18.0 Å². The maximum absolute atomic E-state index is 12.7. The molecule has 0 aliphatic carbocycles. The van der Waals surface area contributed by atoms with Gasteiger partial charge in [-0.2, -0.15) is 4.31 Å². The van der Waals surface area contributed by atoms with Crippen LogP contribution in [-0.2, 0) is 30.9 Å². The van der Waals surface area contributed by atoms with Crippen molar-refractivity contribution >= 4 is 22.1 Å². The number of ether oxygens (including phenoxy) is 2. The van der Waals surface area contributed by atoms with Crippen LogP contribution in [-0.4, -0.2) is 92.8 Å². The molecule has 10 heteroatoms. The van der Waals surface area contributed by atoms with Gasteiger partial charge in [0.05, 0.1) is 13.4 Å². The van der Waals surface area contributed by atoms with Gasteiger partial charge in [-0.1, -0.05) is 30.3 Å². The molecular weight excluding hydrogens is 398 g/mol. The van der Waals surface area contributed by atoms with Crippen LogP contribution in [0.2, 0.25) is 0 Å². The molecule has 1 aromatic rings. The Kier molecular flexibility index (Phi) is 6.76. The van der Waals surface area contributed by atoms with E-state index in [1.807, 2.05) is 30.3 Å². The molecule has 2 heterocycles. The standard InChI is InChI=1S/C19H27N3O6S/c1-27-18(23)17-12-16(20-8-10-21(11-9-20)29(2,25)26)13-22(17)19(24)28-14-15-6-4-3-5-7-15/h3-7,16-17H,8-14H2,1-2H3/t16-,17-/m0/s1. The number of nitrogens with zero attached hydrogens (tertiary/aromatic N) is 3. The third-order valence-corrected chi connectivity index (χ3v) is 6.75. The number of hydrogen-bond donors (Lipinski definition) is 0. The second-order valence-electron chi connectivity index (χ2n) is 7.32. The van der Waals surface area contributed by atoms with E-state index < -0.39 is 28.1 Å². The summed E-state index contributed by atoms with van der Waals surface area (Å²) in [4.78, 5) is 28.4. The number of piperazine rings is 1. The Hall–Kier alpha value is -2.17. The Labute approximate surface area is 171 Å². The van der Waals surface area contributed by atoms with Crippen molar-refractivity contribution in [1.29, 1.82) is 0 Å². The molecule has 0 aromatic heterocycles. The Balaban J connectivity index is 1.62. The lowest BCUT2D eigenvalue weighted by Gasteiger charge is -2.36. The van der Waals surface area contributed by atoms with Gasteiger partial charge in [-0.25, -0.2) is 18.0 Å². The second-order valence-corrected chi connectivity index (χ2v) is 9.30. The van der Waals surface area contributed by atoms with Gasteiger partial charge in [-0.15, -0.1) is 0 Å². The number of likely N-dealkylation sites (tertiary alicyclic amines) is 1. The fourth-order valence-electron chi connectivity index (χ4n) is 3.84. The molecule has 160 valence electrons. The molecule has 0 N–H and O–H groups in total. The third kappa shape index (κ3) is 5.26. The van der Waals surface area contributed by atoms with Crippen LogP contribution in [0.4, 0.5) is 4.79 Å². The van der Waals surface area contributed by atoms with E-state index in [-0.39, 0.29) is 12.6 Å². The van der Waals surface area contributed by atoms with Crippen LogP contribution >= 0.6 is 0 Å². The Morgan fingerprint density at radius 3 is 2.34 bits per heavy atom. The molecule has 2 atom stereocenters. The second kappa shape index (κ2) is 9.10. The first-order valence-electron chi connectivity index (χ1n) is 9.54. The van der Waals surface area contributed by atoms with Crippen LogP contribution in [0.15, 0.2) is 30.3 Å². The lowest BCUT2D eigenvalue weighted by Crippen LogP contribution is -2.52. The number of amides is 1. The fraction of sp³-hybridized carbons (Fsp3) is 0.579. The molecule has 1 aromatic carbocycles. The normalized spacial score (nSPS) is 23.7. The van der Waals surface area contributed by atoms with Crippen molar-refractivity contribution in [1.82, 2.24) is 14.1 Å². The molecular formula is C19H27N3O6S. The molecule has 2 saturated heterocycles. The zero-order valence-corrected chi connectivity index (χ0v) is 17.5. The topological polar surface area (TPSA) is 96.5 Å². The minimum absolute atomic E-state index is 0.0508. The fourth-order valence-corrected chi connectivity index (χ4v) is 4.67. The molecule has 0 spiro atoms. The van der Waals surface area contributed by atoms with Gasteiger partial charge in [0.1, 0.15) is 12.6 Å². The van der Waals surface area contributed by atoms with Gasteiger partial charge < -0.3 is 9.47 Å². The van der Waals surface area contributed by atoms with Crippen LogP contribution in [0.1, 0.15) is 12.0 Å². The molecule has 0 unspecified atom stereocenters. The number of rotatable bonds is 5. The largest absolute Gasteiger partial charge is 0.467 e. The van der Waals surface area contributed by atoms with Gasteiger partial charge >= 0.3 is 12.1 Å². The SMILES string of the molecule is COC(=O)[C@@H]1C[C@H](N2CCN(S(C)(=O)=O)CC2)CN1C(=O)OCc1ccccc1. The van der Waals surface area contributed by atoms with E-state index in [1.54, 1.807) is 0 Å². The van der Waals surface area contributed by atoms with Gasteiger partial charge in [0.2, 0.25) is 10.0 Å². The summed E-state index contributed by atoms with van der Waals surface area (Å²) in [5.41, 5.74) is 0.864. The molecule has 1 amide bonds. The van der Waals surface area contributed by atoms with E-state index in [0.29, 0.717) is 39.1 Å². The number of carbonyl (C=O) groups is 2. The number of methoxy groups -OCH3 is 1. The van der Waals surface area contributed by atoms with Crippen LogP contribution < -0.4 is 0 Å². The highest BCUT2D eigenvalue weighted by atomic mass is 32.2. The average Bonchev–Trinajstić information content (AvgIpc) is 3.17. The van der Waals surface area contributed by atoms with Crippen molar-refractivity contribution in [3.63, 3.8) is 0 Å². The van der Waals surface area contributed by atoms with Crippen molar-refractivity contribution in [3.8, 4) is 0 Å². The summed E-state index contributed by atoms with van der Waals surface area (Å²) in [5.74, 6) is -0.473. The summed E-state index contributed by atoms with van der Waals surface area (Å²) in [6, 6.07) is 8.57. The molecule has 2 aliphatic heterocycles. The van der Waals surface area contributed by atoms with Crippen molar-refractivity contribution in [3.05, 3.63) is 35.9 Å². The summed E-state index contributed by atoms with van der Waals surface area (Å²) in [7, 11) is -1.91. The van der Waals surface area contributed by atoms with Crippen molar-refractivity contribution in [2.24, 2.45) is 0 Å². The number of hydrogen-bond acceptors (Lipinski definition) is 7. The van der Waals surface area contributed by atoms with Gasteiger partial charge in [-0.3, -0.25) is 9.80 Å². The average molecular weight is 426 g/mol. The summed E-state index contributed by atoms with van der Waals surface area (Å²) in [6.07, 6.45) is 1.09. The monoisotopic (exact) mass is 425 g/mol. The molecule has 0 bridgehead atoms. The van der Waals surface area contributed by atoms with E-state index in [2.05, 4.69) is 4.90 Å². The molecule has 9 nitrogen and oxygen atoms in total. The summed E-state index contributed by atoms with van der Waals surface area (Å²) in [6.45, 7) is 2.37. The summed E-state index contributed by atoms with van der Waals surface area (Å²) in [5, 5.41) is 0. The molecule has 2 fully saturated rings. The van der Waals surface area contributed by atoms with Gasteiger partial charge in [-0.05, 0) is 12.0 Å². The van der Waals surface area contributed by atoms with Gasteiger partial charge in [0.25, 0.3) is 0 Å². The first-order chi connectivity index (χ1) is 13.8. The maximum Gasteiger partial charge on any atom is 0.410 e. The molecule has 0 saturated carbocycles.